The fraction of sp³-hybridized carbons (Fsp3) is 0.312. The third kappa shape index (κ3) is 3.66. The van der Waals surface area contributed by atoms with Crippen LogP contribution in [0.4, 0.5) is 4.39 Å². The number of rotatable bonds is 6. The Morgan fingerprint density at radius 1 is 1.40 bits per heavy atom. The summed E-state index contributed by atoms with van der Waals surface area (Å²) in [4.78, 5) is 0.938. The van der Waals surface area contributed by atoms with Crippen LogP contribution in [-0.4, -0.2) is 6.04 Å². The lowest BCUT2D eigenvalue weighted by molar-refractivity contribution is 0.504. The zero-order chi connectivity index (χ0) is 14.4. The van der Waals surface area contributed by atoms with Gasteiger partial charge in [0.05, 0.1) is 12.5 Å². The molecule has 0 saturated heterocycles. The predicted molar refractivity (Wildman–Crippen MR) is 80.9 cm³/mol. The predicted octanol–water partition coefficient (Wildman–Crippen LogP) is 4.34. The minimum absolute atomic E-state index is 0.190. The molecular formula is C16H17FN2S. The van der Waals surface area contributed by atoms with Gasteiger partial charge in [-0.15, -0.1) is 11.3 Å². The number of nitriles is 1. The summed E-state index contributed by atoms with van der Waals surface area (Å²) in [6, 6.07) is 11.4. The van der Waals surface area contributed by atoms with Gasteiger partial charge in [-0.1, -0.05) is 19.1 Å². The van der Waals surface area contributed by atoms with Crippen LogP contribution in [0.15, 0.2) is 35.7 Å². The quantitative estimate of drug-likeness (QED) is 0.858. The fourth-order valence-corrected chi connectivity index (χ4v) is 2.78. The Morgan fingerprint density at radius 2 is 2.25 bits per heavy atom. The average Bonchev–Trinajstić information content (AvgIpc) is 2.99. The molecule has 2 aromatic rings. The minimum Gasteiger partial charge on any atom is -0.309 e. The summed E-state index contributed by atoms with van der Waals surface area (Å²) in [7, 11) is 0. The molecule has 0 spiro atoms. The maximum Gasteiger partial charge on any atom is 0.131 e. The minimum atomic E-state index is -0.194. The van der Waals surface area contributed by atoms with Gasteiger partial charge in [0.2, 0.25) is 0 Å². The molecule has 0 radical (unpaired) electrons. The lowest BCUT2D eigenvalue weighted by Gasteiger charge is -2.14. The largest absolute Gasteiger partial charge is 0.309 e. The number of benzene rings is 1. The lowest BCUT2D eigenvalue weighted by Crippen LogP contribution is -2.27. The maximum absolute atomic E-state index is 13.9. The van der Waals surface area contributed by atoms with Crippen molar-refractivity contribution < 1.29 is 4.39 Å². The molecule has 0 fully saturated rings. The summed E-state index contributed by atoms with van der Waals surface area (Å²) in [6.45, 7) is 2.70. The topological polar surface area (TPSA) is 35.8 Å². The van der Waals surface area contributed by atoms with Gasteiger partial charge in [-0.2, -0.15) is 5.26 Å². The number of hydrogen-bond acceptors (Lipinski definition) is 3. The van der Waals surface area contributed by atoms with Crippen molar-refractivity contribution in [3.05, 3.63) is 47.1 Å². The summed E-state index contributed by atoms with van der Waals surface area (Å²) in [6.07, 6.45) is 1.40. The Bertz CT molecular complexity index is 587. The third-order valence-corrected chi connectivity index (χ3v) is 4.15. The van der Waals surface area contributed by atoms with Crippen molar-refractivity contribution in [2.75, 3.05) is 0 Å². The van der Waals surface area contributed by atoms with E-state index in [9.17, 15) is 4.39 Å². The number of nitrogens with zero attached hydrogens (tertiary/aromatic N) is 1. The number of nitrogens with one attached hydrogen (secondary N) is 1. The average molecular weight is 288 g/mol. The van der Waals surface area contributed by atoms with Crippen molar-refractivity contribution in [2.24, 2.45) is 0 Å². The first-order chi connectivity index (χ1) is 9.74. The molecular weight excluding hydrogens is 271 g/mol. The first-order valence-electron chi connectivity index (χ1n) is 6.67. The molecule has 2 nitrogen and oxygen atoms in total. The molecule has 104 valence electrons. The van der Waals surface area contributed by atoms with E-state index >= 15 is 0 Å². The number of halogens is 1. The Hall–Kier alpha value is -1.70. The standard InChI is InChI=1S/C16H17FN2S/c1-2-13(7-8-18)19-11-12-5-6-15(17)14(10-12)16-4-3-9-20-16/h3-6,9-10,13,19H,2,7,11H2,1H3. The van der Waals surface area contributed by atoms with E-state index in [4.69, 9.17) is 5.26 Å². The van der Waals surface area contributed by atoms with Crippen LogP contribution in [-0.2, 0) is 6.54 Å². The van der Waals surface area contributed by atoms with Gasteiger partial charge < -0.3 is 5.32 Å². The Kier molecular flexibility index (Phi) is 5.28. The Labute approximate surface area is 122 Å². The van der Waals surface area contributed by atoms with Crippen LogP contribution in [0.1, 0.15) is 25.3 Å². The summed E-state index contributed by atoms with van der Waals surface area (Å²) in [5.74, 6) is -0.194. The molecule has 0 amide bonds. The molecule has 1 atom stereocenters. The molecule has 1 unspecified atom stereocenters. The van der Waals surface area contributed by atoms with E-state index in [2.05, 4.69) is 18.3 Å². The third-order valence-electron chi connectivity index (χ3n) is 3.24. The SMILES string of the molecule is CCC(CC#N)NCc1ccc(F)c(-c2cccs2)c1. The summed E-state index contributed by atoms with van der Waals surface area (Å²) < 4.78 is 13.9. The molecule has 1 heterocycles. The van der Waals surface area contributed by atoms with E-state index in [1.807, 2.05) is 23.6 Å². The molecule has 0 aliphatic heterocycles. The van der Waals surface area contributed by atoms with Gasteiger partial charge in [-0.25, -0.2) is 4.39 Å². The molecule has 0 aliphatic rings. The molecule has 1 N–H and O–H groups in total. The van der Waals surface area contributed by atoms with Crippen molar-refractivity contribution in [3.63, 3.8) is 0 Å². The highest BCUT2D eigenvalue weighted by atomic mass is 32.1. The van der Waals surface area contributed by atoms with E-state index in [0.717, 1.165) is 16.9 Å². The molecule has 20 heavy (non-hydrogen) atoms. The summed E-state index contributed by atoms with van der Waals surface area (Å²) in [5.41, 5.74) is 1.68. The highest BCUT2D eigenvalue weighted by molar-refractivity contribution is 7.13. The van der Waals surface area contributed by atoms with Crippen LogP contribution in [0.2, 0.25) is 0 Å². The second-order valence-electron chi connectivity index (χ2n) is 4.64. The van der Waals surface area contributed by atoms with Crippen molar-refractivity contribution in [1.29, 1.82) is 5.26 Å². The van der Waals surface area contributed by atoms with Gasteiger partial charge >= 0.3 is 0 Å². The van der Waals surface area contributed by atoms with Crippen molar-refractivity contribution >= 4 is 11.3 Å². The van der Waals surface area contributed by atoms with E-state index in [1.165, 1.54) is 17.4 Å². The van der Waals surface area contributed by atoms with Crippen LogP contribution in [0.5, 0.6) is 0 Å². The highest BCUT2D eigenvalue weighted by Gasteiger charge is 2.09. The van der Waals surface area contributed by atoms with Crippen LogP contribution >= 0.6 is 11.3 Å². The zero-order valence-corrected chi connectivity index (χ0v) is 12.2. The molecule has 0 bridgehead atoms. The normalized spacial score (nSPS) is 12.1. The number of thiophene rings is 1. The molecule has 1 aromatic carbocycles. The molecule has 0 aliphatic carbocycles. The van der Waals surface area contributed by atoms with E-state index in [-0.39, 0.29) is 11.9 Å². The first kappa shape index (κ1) is 14.7. The Balaban J connectivity index is 2.10. The van der Waals surface area contributed by atoms with E-state index < -0.39 is 0 Å². The second kappa shape index (κ2) is 7.18. The lowest BCUT2D eigenvalue weighted by atomic mass is 10.1. The van der Waals surface area contributed by atoms with E-state index in [0.29, 0.717) is 18.5 Å². The zero-order valence-electron chi connectivity index (χ0n) is 11.4. The van der Waals surface area contributed by atoms with Crippen molar-refractivity contribution in [2.45, 2.75) is 32.4 Å². The number of hydrogen-bond donors (Lipinski definition) is 1. The van der Waals surface area contributed by atoms with Crippen molar-refractivity contribution in [3.8, 4) is 16.5 Å². The fourth-order valence-electron chi connectivity index (χ4n) is 2.04. The van der Waals surface area contributed by atoms with Gasteiger partial charge in [-0.05, 0) is 35.6 Å². The van der Waals surface area contributed by atoms with Crippen LogP contribution in [0, 0.1) is 17.1 Å². The van der Waals surface area contributed by atoms with E-state index in [1.54, 1.807) is 6.07 Å². The second-order valence-corrected chi connectivity index (χ2v) is 5.59. The van der Waals surface area contributed by atoms with Gasteiger partial charge in [0, 0.05) is 23.0 Å². The summed E-state index contributed by atoms with van der Waals surface area (Å²) >= 11 is 1.53. The molecule has 2 rings (SSSR count). The van der Waals surface area contributed by atoms with Crippen LogP contribution < -0.4 is 5.32 Å². The molecule has 0 saturated carbocycles. The molecule has 4 heteroatoms. The maximum atomic E-state index is 13.9. The van der Waals surface area contributed by atoms with Gasteiger partial charge in [0.1, 0.15) is 5.82 Å². The van der Waals surface area contributed by atoms with Crippen molar-refractivity contribution in [1.82, 2.24) is 5.32 Å². The van der Waals surface area contributed by atoms with Gasteiger partial charge in [0.15, 0.2) is 0 Å². The van der Waals surface area contributed by atoms with Crippen LogP contribution in [0.3, 0.4) is 0 Å². The van der Waals surface area contributed by atoms with Crippen LogP contribution in [0.25, 0.3) is 10.4 Å². The molecule has 1 aromatic heterocycles. The highest BCUT2D eigenvalue weighted by Crippen LogP contribution is 2.28. The van der Waals surface area contributed by atoms with Gasteiger partial charge in [-0.3, -0.25) is 0 Å². The van der Waals surface area contributed by atoms with Gasteiger partial charge in [0.25, 0.3) is 0 Å². The smallest absolute Gasteiger partial charge is 0.131 e. The monoisotopic (exact) mass is 288 g/mol. The summed E-state index contributed by atoms with van der Waals surface area (Å²) in [5, 5.41) is 14.0. The first-order valence-corrected chi connectivity index (χ1v) is 7.55. The Morgan fingerprint density at radius 3 is 2.90 bits per heavy atom.